The number of pyridine rings is 1. The number of aromatic nitrogens is 3. The zero-order valence-corrected chi connectivity index (χ0v) is 15.2. The zero-order chi connectivity index (χ0) is 19.1. The van der Waals surface area contributed by atoms with Crippen LogP contribution in [0, 0.1) is 0 Å². The van der Waals surface area contributed by atoms with Crippen LogP contribution in [0.5, 0.6) is 5.88 Å². The maximum Gasteiger partial charge on any atom is 0.271 e. The average Bonchev–Trinajstić information content (AvgIpc) is 2.62. The summed E-state index contributed by atoms with van der Waals surface area (Å²) < 4.78 is 5.03. The normalized spacial score (nSPS) is 12.9. The van der Waals surface area contributed by atoms with Crippen molar-refractivity contribution in [1.29, 1.82) is 0 Å². The SMILES string of the molecule is CCC[C@@H](Nc1cnc(C(N)=O)c(Nc2ccc(OC)nc2)n1)[C@H](C)N. The summed E-state index contributed by atoms with van der Waals surface area (Å²) in [6, 6.07) is 3.43. The standard InChI is InChI=1S/C17H25N7O2/c1-4-5-12(10(2)18)23-13-9-21-15(16(19)25)17(24-13)22-11-6-7-14(26-3)20-8-11/h6-10,12H,4-5,18H2,1-3H3,(H2,19,25)(H2,22,23,24)/t10-,12+/m0/s1. The summed E-state index contributed by atoms with van der Waals surface area (Å²) in [4.78, 5) is 24.3. The summed E-state index contributed by atoms with van der Waals surface area (Å²) in [5.74, 6) is 0.556. The second-order valence-corrected chi connectivity index (χ2v) is 5.93. The number of nitrogens with one attached hydrogen (secondary N) is 2. The number of methoxy groups -OCH3 is 1. The molecule has 140 valence electrons. The highest BCUT2D eigenvalue weighted by Crippen LogP contribution is 2.21. The van der Waals surface area contributed by atoms with E-state index in [0.29, 0.717) is 17.4 Å². The Hall–Kier alpha value is -2.94. The molecule has 2 rings (SSSR count). The number of rotatable bonds is 9. The molecule has 2 atom stereocenters. The Kier molecular flexibility index (Phi) is 6.67. The van der Waals surface area contributed by atoms with Crippen LogP contribution in [0.15, 0.2) is 24.5 Å². The third-order valence-electron chi connectivity index (χ3n) is 3.78. The number of ether oxygens (including phenoxy) is 1. The van der Waals surface area contributed by atoms with Gasteiger partial charge in [-0.2, -0.15) is 0 Å². The Morgan fingerprint density at radius 1 is 1.31 bits per heavy atom. The fourth-order valence-corrected chi connectivity index (χ4v) is 2.41. The summed E-state index contributed by atoms with van der Waals surface area (Å²) in [6.07, 6.45) is 4.91. The van der Waals surface area contributed by atoms with Crippen LogP contribution < -0.4 is 26.8 Å². The average molecular weight is 359 g/mol. The van der Waals surface area contributed by atoms with Gasteiger partial charge in [0.1, 0.15) is 5.82 Å². The molecule has 2 aromatic rings. The molecule has 9 heteroatoms. The number of primary amides is 1. The quantitative estimate of drug-likeness (QED) is 0.529. The highest BCUT2D eigenvalue weighted by atomic mass is 16.5. The lowest BCUT2D eigenvalue weighted by Crippen LogP contribution is -2.38. The minimum Gasteiger partial charge on any atom is -0.481 e. The van der Waals surface area contributed by atoms with Crippen molar-refractivity contribution in [3.8, 4) is 5.88 Å². The van der Waals surface area contributed by atoms with Gasteiger partial charge in [-0.05, 0) is 19.4 Å². The molecular formula is C17H25N7O2. The van der Waals surface area contributed by atoms with Crippen LogP contribution in [-0.4, -0.2) is 40.1 Å². The third-order valence-corrected chi connectivity index (χ3v) is 3.78. The fourth-order valence-electron chi connectivity index (χ4n) is 2.41. The van der Waals surface area contributed by atoms with Gasteiger partial charge in [0.25, 0.3) is 5.91 Å². The monoisotopic (exact) mass is 359 g/mol. The van der Waals surface area contributed by atoms with E-state index in [2.05, 4.69) is 32.5 Å². The summed E-state index contributed by atoms with van der Waals surface area (Å²) in [5.41, 5.74) is 12.1. The van der Waals surface area contributed by atoms with Gasteiger partial charge in [-0.1, -0.05) is 13.3 Å². The van der Waals surface area contributed by atoms with Gasteiger partial charge in [0.05, 0.1) is 25.2 Å². The number of carbonyl (C=O) groups is 1. The lowest BCUT2D eigenvalue weighted by atomic mass is 10.1. The van der Waals surface area contributed by atoms with Gasteiger partial charge in [0, 0.05) is 18.2 Å². The highest BCUT2D eigenvalue weighted by molar-refractivity contribution is 5.96. The largest absolute Gasteiger partial charge is 0.481 e. The van der Waals surface area contributed by atoms with E-state index in [0.717, 1.165) is 12.8 Å². The number of nitrogens with two attached hydrogens (primary N) is 2. The maximum absolute atomic E-state index is 11.7. The zero-order valence-electron chi connectivity index (χ0n) is 15.2. The van der Waals surface area contributed by atoms with E-state index < -0.39 is 5.91 Å². The second kappa shape index (κ2) is 8.95. The van der Waals surface area contributed by atoms with Crippen molar-refractivity contribution >= 4 is 23.2 Å². The van der Waals surface area contributed by atoms with Crippen molar-refractivity contribution in [3.05, 3.63) is 30.2 Å². The van der Waals surface area contributed by atoms with E-state index in [4.69, 9.17) is 16.2 Å². The lowest BCUT2D eigenvalue weighted by Gasteiger charge is -2.22. The summed E-state index contributed by atoms with van der Waals surface area (Å²) in [6.45, 7) is 4.02. The van der Waals surface area contributed by atoms with Crippen LogP contribution in [0.25, 0.3) is 0 Å². The molecule has 2 heterocycles. The van der Waals surface area contributed by atoms with Crippen molar-refractivity contribution in [2.24, 2.45) is 11.5 Å². The van der Waals surface area contributed by atoms with Gasteiger partial charge in [-0.15, -0.1) is 0 Å². The number of anilines is 3. The topological polar surface area (TPSA) is 141 Å². The third kappa shape index (κ3) is 5.03. The molecule has 2 aromatic heterocycles. The molecule has 0 unspecified atom stereocenters. The molecule has 0 saturated heterocycles. The molecule has 0 saturated carbocycles. The maximum atomic E-state index is 11.7. The van der Waals surface area contributed by atoms with Gasteiger partial charge < -0.3 is 26.8 Å². The Bertz CT molecular complexity index is 734. The molecule has 0 radical (unpaired) electrons. The van der Waals surface area contributed by atoms with Crippen LogP contribution >= 0.6 is 0 Å². The van der Waals surface area contributed by atoms with Crippen molar-refractivity contribution in [2.75, 3.05) is 17.7 Å². The number of hydrogen-bond donors (Lipinski definition) is 4. The number of carbonyl (C=O) groups excluding carboxylic acids is 1. The number of hydrogen-bond acceptors (Lipinski definition) is 8. The number of amides is 1. The van der Waals surface area contributed by atoms with Gasteiger partial charge in [-0.3, -0.25) is 4.79 Å². The number of nitrogens with zero attached hydrogens (tertiary/aromatic N) is 3. The molecular weight excluding hydrogens is 334 g/mol. The van der Waals surface area contributed by atoms with Gasteiger partial charge in [-0.25, -0.2) is 15.0 Å². The van der Waals surface area contributed by atoms with Gasteiger partial charge >= 0.3 is 0 Å². The fraction of sp³-hybridized carbons (Fsp3) is 0.412. The molecule has 0 aliphatic carbocycles. The molecule has 0 fully saturated rings. The molecule has 1 amide bonds. The van der Waals surface area contributed by atoms with Crippen LogP contribution in [0.3, 0.4) is 0 Å². The molecule has 9 nitrogen and oxygen atoms in total. The molecule has 0 aliphatic rings. The van der Waals surface area contributed by atoms with E-state index in [1.165, 1.54) is 13.3 Å². The Labute approximate surface area is 152 Å². The first kappa shape index (κ1) is 19.4. The van der Waals surface area contributed by atoms with E-state index in [-0.39, 0.29) is 23.6 Å². The summed E-state index contributed by atoms with van der Waals surface area (Å²) in [5, 5.41) is 6.28. The van der Waals surface area contributed by atoms with Crippen LogP contribution in [0.2, 0.25) is 0 Å². The van der Waals surface area contributed by atoms with E-state index in [1.54, 1.807) is 18.3 Å². The van der Waals surface area contributed by atoms with E-state index in [9.17, 15) is 4.79 Å². The van der Waals surface area contributed by atoms with E-state index in [1.807, 2.05) is 6.92 Å². The molecule has 6 N–H and O–H groups in total. The Balaban J connectivity index is 2.28. The predicted octanol–water partition coefficient (Wildman–Crippen LogP) is 1.65. The molecule has 0 bridgehead atoms. The predicted molar refractivity (Wildman–Crippen MR) is 101 cm³/mol. The second-order valence-electron chi connectivity index (χ2n) is 5.93. The van der Waals surface area contributed by atoms with E-state index >= 15 is 0 Å². The van der Waals surface area contributed by atoms with Crippen molar-refractivity contribution < 1.29 is 9.53 Å². The van der Waals surface area contributed by atoms with Crippen LogP contribution in [0.1, 0.15) is 37.2 Å². The van der Waals surface area contributed by atoms with Gasteiger partial charge in [0.15, 0.2) is 11.5 Å². The Morgan fingerprint density at radius 2 is 2.08 bits per heavy atom. The Morgan fingerprint density at radius 3 is 2.62 bits per heavy atom. The van der Waals surface area contributed by atoms with Crippen LogP contribution in [-0.2, 0) is 0 Å². The van der Waals surface area contributed by atoms with Gasteiger partial charge in [0.2, 0.25) is 5.88 Å². The van der Waals surface area contributed by atoms with Crippen molar-refractivity contribution in [2.45, 2.75) is 38.8 Å². The highest BCUT2D eigenvalue weighted by Gasteiger charge is 2.17. The smallest absolute Gasteiger partial charge is 0.271 e. The molecule has 26 heavy (non-hydrogen) atoms. The van der Waals surface area contributed by atoms with Crippen molar-refractivity contribution in [1.82, 2.24) is 15.0 Å². The molecule has 0 aromatic carbocycles. The first-order chi connectivity index (χ1) is 12.4. The van der Waals surface area contributed by atoms with Crippen molar-refractivity contribution in [3.63, 3.8) is 0 Å². The summed E-state index contributed by atoms with van der Waals surface area (Å²) >= 11 is 0. The van der Waals surface area contributed by atoms with Crippen LogP contribution in [0.4, 0.5) is 17.3 Å². The minimum absolute atomic E-state index is 0.0409. The first-order valence-corrected chi connectivity index (χ1v) is 8.40. The lowest BCUT2D eigenvalue weighted by molar-refractivity contribution is 0.0996. The molecule has 0 aliphatic heterocycles. The summed E-state index contributed by atoms with van der Waals surface area (Å²) in [7, 11) is 1.53. The minimum atomic E-state index is -0.676. The molecule has 0 spiro atoms. The first-order valence-electron chi connectivity index (χ1n) is 8.40.